The van der Waals surface area contributed by atoms with Crippen LogP contribution in [-0.4, -0.2) is 9.97 Å². The number of ether oxygens (including phenoxy) is 1. The number of hydrogen-bond acceptors (Lipinski definition) is 3. The minimum Gasteiger partial charge on any atom is -0.481 e. The van der Waals surface area contributed by atoms with E-state index in [2.05, 4.69) is 25.9 Å². The van der Waals surface area contributed by atoms with E-state index in [1.54, 1.807) is 30.3 Å². The number of aromatic amines is 1. The molecule has 0 saturated carbocycles. The SMILES string of the molecule is C[C@H](Oc1ccc(Br)cc1Cl)c1nc2ccccc2c(=O)[nH]1. The second kappa shape index (κ2) is 6.10. The Kier molecular flexibility index (Phi) is 4.18. The molecule has 0 radical (unpaired) electrons. The zero-order valence-electron chi connectivity index (χ0n) is 11.6. The zero-order valence-corrected chi connectivity index (χ0v) is 14.0. The molecule has 2 aromatic carbocycles. The van der Waals surface area contributed by atoms with Crippen LogP contribution in [0.1, 0.15) is 18.9 Å². The van der Waals surface area contributed by atoms with E-state index < -0.39 is 6.10 Å². The lowest BCUT2D eigenvalue weighted by atomic mass is 10.2. The number of benzene rings is 2. The van der Waals surface area contributed by atoms with Gasteiger partial charge >= 0.3 is 0 Å². The Morgan fingerprint density at radius 2 is 2.05 bits per heavy atom. The van der Waals surface area contributed by atoms with Crippen molar-refractivity contribution in [3.8, 4) is 5.75 Å². The van der Waals surface area contributed by atoms with Crippen LogP contribution in [0.2, 0.25) is 5.02 Å². The van der Waals surface area contributed by atoms with E-state index in [1.165, 1.54) is 0 Å². The first-order valence-corrected chi connectivity index (χ1v) is 7.82. The summed E-state index contributed by atoms with van der Waals surface area (Å²) in [5, 5.41) is 1.05. The van der Waals surface area contributed by atoms with Gasteiger partial charge in [0.15, 0.2) is 11.9 Å². The van der Waals surface area contributed by atoms with Crippen molar-refractivity contribution < 1.29 is 4.74 Å². The predicted molar refractivity (Wildman–Crippen MR) is 90.6 cm³/mol. The van der Waals surface area contributed by atoms with Gasteiger partial charge in [-0.25, -0.2) is 4.98 Å². The molecular formula is C16H12BrClN2O2. The Bertz CT molecular complexity index is 895. The Morgan fingerprint density at radius 1 is 1.27 bits per heavy atom. The summed E-state index contributed by atoms with van der Waals surface area (Å²) in [7, 11) is 0. The monoisotopic (exact) mass is 378 g/mol. The highest BCUT2D eigenvalue weighted by Crippen LogP contribution is 2.30. The summed E-state index contributed by atoms with van der Waals surface area (Å²) in [4.78, 5) is 19.3. The van der Waals surface area contributed by atoms with E-state index in [-0.39, 0.29) is 5.56 Å². The number of aromatic nitrogens is 2. The van der Waals surface area contributed by atoms with E-state index >= 15 is 0 Å². The predicted octanol–water partition coefficient (Wildman–Crippen LogP) is 4.48. The maximum absolute atomic E-state index is 12.1. The third-order valence-electron chi connectivity index (χ3n) is 3.21. The van der Waals surface area contributed by atoms with Crippen molar-refractivity contribution in [2.75, 3.05) is 0 Å². The zero-order chi connectivity index (χ0) is 15.7. The summed E-state index contributed by atoms with van der Waals surface area (Å²) in [6.07, 6.45) is -0.434. The fourth-order valence-corrected chi connectivity index (χ4v) is 2.83. The number of hydrogen-bond donors (Lipinski definition) is 1. The van der Waals surface area contributed by atoms with Gasteiger partial charge in [0.05, 0.1) is 15.9 Å². The lowest BCUT2D eigenvalue weighted by Crippen LogP contribution is -2.16. The standard InChI is InChI=1S/C16H12BrClN2O2/c1-9(22-14-7-6-10(17)8-12(14)18)15-19-13-5-3-2-4-11(13)16(21)20-15/h2-9H,1H3,(H,19,20,21)/t9-/m0/s1. The van der Waals surface area contributed by atoms with Crippen LogP contribution in [0.15, 0.2) is 51.7 Å². The average Bonchev–Trinajstić information content (AvgIpc) is 2.50. The van der Waals surface area contributed by atoms with E-state index in [4.69, 9.17) is 16.3 Å². The van der Waals surface area contributed by atoms with E-state index in [0.717, 1.165) is 4.47 Å². The fourth-order valence-electron chi connectivity index (χ4n) is 2.11. The van der Waals surface area contributed by atoms with Gasteiger partial charge in [-0.05, 0) is 37.3 Å². The van der Waals surface area contributed by atoms with Crippen LogP contribution in [0.25, 0.3) is 10.9 Å². The van der Waals surface area contributed by atoms with E-state index in [0.29, 0.717) is 27.5 Å². The van der Waals surface area contributed by atoms with Crippen LogP contribution < -0.4 is 10.3 Å². The Labute approximate surface area is 140 Å². The van der Waals surface area contributed by atoms with Gasteiger partial charge < -0.3 is 9.72 Å². The molecule has 4 nitrogen and oxygen atoms in total. The molecule has 0 bridgehead atoms. The van der Waals surface area contributed by atoms with Crippen molar-refractivity contribution in [1.29, 1.82) is 0 Å². The van der Waals surface area contributed by atoms with Gasteiger partial charge in [0.25, 0.3) is 5.56 Å². The summed E-state index contributed by atoms with van der Waals surface area (Å²) < 4.78 is 6.67. The van der Waals surface area contributed by atoms with Gasteiger partial charge in [0, 0.05) is 4.47 Å². The summed E-state index contributed by atoms with van der Waals surface area (Å²) >= 11 is 9.48. The first-order valence-electron chi connectivity index (χ1n) is 6.65. The number of nitrogens with zero attached hydrogens (tertiary/aromatic N) is 1. The number of rotatable bonds is 3. The first-order chi connectivity index (χ1) is 10.5. The molecule has 0 spiro atoms. The third kappa shape index (κ3) is 3.00. The first kappa shape index (κ1) is 15.1. The highest BCUT2D eigenvalue weighted by Gasteiger charge is 2.14. The van der Waals surface area contributed by atoms with Crippen LogP contribution in [0.3, 0.4) is 0 Å². The van der Waals surface area contributed by atoms with Gasteiger partial charge in [-0.15, -0.1) is 0 Å². The molecule has 0 aliphatic rings. The number of fused-ring (bicyclic) bond motifs is 1. The Hall–Kier alpha value is -1.85. The van der Waals surface area contributed by atoms with Gasteiger partial charge in [0.2, 0.25) is 0 Å². The second-order valence-electron chi connectivity index (χ2n) is 4.80. The maximum Gasteiger partial charge on any atom is 0.258 e. The largest absolute Gasteiger partial charge is 0.481 e. The van der Waals surface area contributed by atoms with Gasteiger partial charge in [0.1, 0.15) is 5.75 Å². The van der Waals surface area contributed by atoms with Crippen LogP contribution >= 0.6 is 27.5 Å². The lowest BCUT2D eigenvalue weighted by Gasteiger charge is -2.15. The molecule has 0 unspecified atom stereocenters. The summed E-state index contributed by atoms with van der Waals surface area (Å²) in [6.45, 7) is 1.81. The van der Waals surface area contributed by atoms with E-state index in [1.807, 2.05) is 19.1 Å². The molecule has 1 heterocycles. The number of H-pyrrole nitrogens is 1. The molecule has 0 amide bonds. The van der Waals surface area contributed by atoms with Crippen molar-refractivity contribution in [2.45, 2.75) is 13.0 Å². The Morgan fingerprint density at radius 3 is 2.82 bits per heavy atom. The fraction of sp³-hybridized carbons (Fsp3) is 0.125. The summed E-state index contributed by atoms with van der Waals surface area (Å²) in [5.41, 5.74) is 0.455. The molecule has 3 rings (SSSR count). The van der Waals surface area contributed by atoms with Crippen molar-refractivity contribution in [2.24, 2.45) is 0 Å². The topological polar surface area (TPSA) is 55.0 Å². The molecule has 0 aliphatic carbocycles. The maximum atomic E-state index is 12.1. The molecule has 0 saturated heterocycles. The number of halogens is 2. The molecule has 22 heavy (non-hydrogen) atoms. The highest BCUT2D eigenvalue weighted by atomic mass is 79.9. The Balaban J connectivity index is 1.95. The van der Waals surface area contributed by atoms with Gasteiger partial charge in [-0.1, -0.05) is 39.7 Å². The lowest BCUT2D eigenvalue weighted by molar-refractivity contribution is 0.216. The molecule has 0 aliphatic heterocycles. The van der Waals surface area contributed by atoms with Crippen LogP contribution in [-0.2, 0) is 0 Å². The molecule has 1 aromatic heterocycles. The highest BCUT2D eigenvalue weighted by molar-refractivity contribution is 9.10. The van der Waals surface area contributed by atoms with Crippen LogP contribution in [0.5, 0.6) is 5.75 Å². The smallest absolute Gasteiger partial charge is 0.258 e. The quantitative estimate of drug-likeness (QED) is 0.730. The summed E-state index contributed by atoms with van der Waals surface area (Å²) in [6, 6.07) is 12.5. The van der Waals surface area contributed by atoms with E-state index in [9.17, 15) is 4.79 Å². The third-order valence-corrected chi connectivity index (χ3v) is 4.00. The van der Waals surface area contributed by atoms with Crippen LogP contribution in [0.4, 0.5) is 0 Å². The normalized spacial score (nSPS) is 12.3. The molecule has 0 fully saturated rings. The van der Waals surface area contributed by atoms with Crippen molar-refractivity contribution in [3.05, 3.63) is 68.1 Å². The minimum absolute atomic E-state index is 0.182. The van der Waals surface area contributed by atoms with Gasteiger partial charge in [-0.3, -0.25) is 4.79 Å². The number of para-hydroxylation sites is 1. The van der Waals surface area contributed by atoms with Crippen molar-refractivity contribution in [3.63, 3.8) is 0 Å². The van der Waals surface area contributed by atoms with Crippen molar-refractivity contribution >= 4 is 38.4 Å². The number of nitrogens with one attached hydrogen (secondary N) is 1. The molecule has 1 atom stereocenters. The summed E-state index contributed by atoms with van der Waals surface area (Å²) in [5.74, 6) is 0.996. The minimum atomic E-state index is -0.434. The molecule has 6 heteroatoms. The van der Waals surface area contributed by atoms with Crippen molar-refractivity contribution in [1.82, 2.24) is 9.97 Å². The van der Waals surface area contributed by atoms with Gasteiger partial charge in [-0.2, -0.15) is 0 Å². The molecule has 3 aromatic rings. The molecule has 1 N–H and O–H groups in total. The van der Waals surface area contributed by atoms with Crippen LogP contribution in [0, 0.1) is 0 Å². The second-order valence-corrected chi connectivity index (χ2v) is 6.13. The molecule has 112 valence electrons. The average molecular weight is 380 g/mol. The molecular weight excluding hydrogens is 368 g/mol.